The summed E-state index contributed by atoms with van der Waals surface area (Å²) in [6.45, 7) is 13.8. The van der Waals surface area contributed by atoms with Gasteiger partial charge in [0.25, 0.3) is 0 Å². The van der Waals surface area contributed by atoms with Gasteiger partial charge < -0.3 is 20.3 Å². The van der Waals surface area contributed by atoms with Gasteiger partial charge in [0.15, 0.2) is 5.96 Å². The summed E-state index contributed by atoms with van der Waals surface area (Å²) < 4.78 is 5.33. The van der Waals surface area contributed by atoms with Gasteiger partial charge in [0.1, 0.15) is 0 Å². The van der Waals surface area contributed by atoms with Crippen LogP contribution in [0.5, 0.6) is 0 Å². The summed E-state index contributed by atoms with van der Waals surface area (Å²) in [5, 5.41) is 6.92. The molecule has 0 unspecified atom stereocenters. The lowest BCUT2D eigenvalue weighted by molar-refractivity contribution is 0.141. The van der Waals surface area contributed by atoms with Crippen LogP contribution < -0.4 is 10.6 Å². The first-order valence-electron chi connectivity index (χ1n) is 10.4. The molecule has 0 bridgehead atoms. The van der Waals surface area contributed by atoms with Crippen LogP contribution in [0.3, 0.4) is 0 Å². The van der Waals surface area contributed by atoms with Gasteiger partial charge in [0.05, 0.1) is 0 Å². The number of guanidine groups is 1. The number of nitrogens with zero attached hydrogens (tertiary/aromatic N) is 2. The number of rotatable bonds is 13. The van der Waals surface area contributed by atoms with E-state index >= 15 is 0 Å². The summed E-state index contributed by atoms with van der Waals surface area (Å²) >= 11 is 0. The van der Waals surface area contributed by atoms with E-state index in [2.05, 4.69) is 36.3 Å². The fourth-order valence-electron chi connectivity index (χ4n) is 3.73. The second-order valence-electron chi connectivity index (χ2n) is 7.31. The number of hydrogen-bond donors (Lipinski definition) is 2. The van der Waals surface area contributed by atoms with Crippen molar-refractivity contribution in [1.29, 1.82) is 0 Å². The van der Waals surface area contributed by atoms with Gasteiger partial charge >= 0.3 is 0 Å². The molecule has 0 amide bonds. The Morgan fingerprint density at radius 3 is 2.40 bits per heavy atom. The lowest BCUT2D eigenvalue weighted by Crippen LogP contribution is -2.39. The second-order valence-corrected chi connectivity index (χ2v) is 7.31. The zero-order valence-electron chi connectivity index (χ0n) is 17.2. The van der Waals surface area contributed by atoms with Crippen LogP contribution in [0, 0.1) is 5.41 Å². The van der Waals surface area contributed by atoms with E-state index in [1.165, 1.54) is 45.1 Å². The molecule has 5 nitrogen and oxygen atoms in total. The van der Waals surface area contributed by atoms with Crippen molar-refractivity contribution >= 4 is 5.96 Å². The molecule has 1 rings (SSSR count). The Kier molecular flexibility index (Phi) is 11.9. The molecule has 1 aliphatic carbocycles. The van der Waals surface area contributed by atoms with E-state index in [9.17, 15) is 0 Å². The first kappa shape index (κ1) is 22.2. The molecule has 0 aromatic heterocycles. The third-order valence-electron chi connectivity index (χ3n) is 5.51. The van der Waals surface area contributed by atoms with E-state index in [0.717, 1.165) is 51.7 Å². The van der Waals surface area contributed by atoms with Crippen LogP contribution in [0.15, 0.2) is 4.99 Å². The molecule has 1 aliphatic rings. The third-order valence-corrected chi connectivity index (χ3v) is 5.51. The number of methoxy groups -OCH3 is 1. The number of ether oxygens (including phenoxy) is 1. The maximum Gasteiger partial charge on any atom is 0.191 e. The molecule has 0 atom stereocenters. The van der Waals surface area contributed by atoms with Crippen molar-refractivity contribution in [2.75, 3.05) is 53.0 Å². The molecular weight excluding hydrogens is 312 g/mol. The van der Waals surface area contributed by atoms with Gasteiger partial charge in [-0.25, -0.2) is 0 Å². The Morgan fingerprint density at radius 1 is 1.08 bits per heavy atom. The van der Waals surface area contributed by atoms with Gasteiger partial charge in [-0.1, -0.05) is 26.7 Å². The van der Waals surface area contributed by atoms with Crippen LogP contribution in [-0.2, 0) is 4.74 Å². The van der Waals surface area contributed by atoms with E-state index in [4.69, 9.17) is 9.73 Å². The second kappa shape index (κ2) is 13.4. The highest BCUT2D eigenvalue weighted by Gasteiger charge is 2.33. The Bertz CT molecular complexity index is 350. The van der Waals surface area contributed by atoms with E-state index in [0.29, 0.717) is 5.41 Å². The lowest BCUT2D eigenvalue weighted by Gasteiger charge is -2.27. The van der Waals surface area contributed by atoms with Crippen LogP contribution in [0.25, 0.3) is 0 Å². The molecule has 2 N–H and O–H groups in total. The normalized spacial score (nSPS) is 17.2. The van der Waals surface area contributed by atoms with Gasteiger partial charge in [-0.3, -0.25) is 4.99 Å². The molecule has 0 aliphatic heterocycles. The smallest absolute Gasteiger partial charge is 0.191 e. The summed E-state index contributed by atoms with van der Waals surface area (Å²) in [7, 11) is 1.80. The van der Waals surface area contributed by atoms with Gasteiger partial charge in [-0.2, -0.15) is 0 Å². The molecule has 0 radical (unpaired) electrons. The average molecular weight is 355 g/mol. The summed E-state index contributed by atoms with van der Waals surface area (Å²) in [5.41, 5.74) is 0.362. The fourth-order valence-corrected chi connectivity index (χ4v) is 3.73. The third kappa shape index (κ3) is 8.91. The monoisotopic (exact) mass is 354 g/mol. The molecule has 0 saturated heterocycles. The minimum absolute atomic E-state index is 0.362. The van der Waals surface area contributed by atoms with Gasteiger partial charge in [0.2, 0.25) is 0 Å². The van der Waals surface area contributed by atoms with Gasteiger partial charge in [0, 0.05) is 33.4 Å². The Morgan fingerprint density at radius 2 is 1.80 bits per heavy atom. The maximum absolute atomic E-state index is 5.33. The van der Waals surface area contributed by atoms with Crippen LogP contribution in [-0.4, -0.2) is 63.8 Å². The zero-order chi connectivity index (χ0) is 18.4. The number of hydrogen-bond acceptors (Lipinski definition) is 3. The molecular formula is C20H42N4O. The molecule has 0 aromatic carbocycles. The van der Waals surface area contributed by atoms with E-state index in [1.807, 2.05) is 0 Å². The quantitative estimate of drug-likeness (QED) is 0.303. The zero-order valence-corrected chi connectivity index (χ0v) is 17.2. The van der Waals surface area contributed by atoms with Crippen molar-refractivity contribution in [3.8, 4) is 0 Å². The van der Waals surface area contributed by atoms with Crippen molar-refractivity contribution < 1.29 is 4.74 Å². The summed E-state index contributed by atoms with van der Waals surface area (Å²) in [4.78, 5) is 7.40. The predicted octanol–water partition coefficient (Wildman–Crippen LogP) is 3.26. The topological polar surface area (TPSA) is 48.9 Å². The molecule has 148 valence electrons. The maximum atomic E-state index is 5.33. The summed E-state index contributed by atoms with van der Waals surface area (Å²) in [5.74, 6) is 0.981. The van der Waals surface area contributed by atoms with Crippen molar-refractivity contribution in [1.82, 2.24) is 15.5 Å². The van der Waals surface area contributed by atoms with Gasteiger partial charge in [-0.05, 0) is 64.1 Å². The predicted molar refractivity (Wildman–Crippen MR) is 108 cm³/mol. The van der Waals surface area contributed by atoms with Crippen LogP contribution in [0.2, 0.25) is 0 Å². The molecule has 0 heterocycles. The van der Waals surface area contributed by atoms with E-state index < -0.39 is 0 Å². The first-order chi connectivity index (χ1) is 12.2. The minimum atomic E-state index is 0.362. The molecule has 5 heteroatoms. The van der Waals surface area contributed by atoms with Crippen LogP contribution >= 0.6 is 0 Å². The highest BCUT2D eigenvalue weighted by molar-refractivity contribution is 5.79. The summed E-state index contributed by atoms with van der Waals surface area (Å²) in [6, 6.07) is 0. The van der Waals surface area contributed by atoms with Crippen molar-refractivity contribution in [3.05, 3.63) is 0 Å². The van der Waals surface area contributed by atoms with E-state index in [-0.39, 0.29) is 0 Å². The Balaban J connectivity index is 2.39. The largest absolute Gasteiger partial charge is 0.385 e. The fraction of sp³-hybridized carbons (Fsp3) is 0.950. The molecule has 0 aromatic rings. The first-order valence-corrected chi connectivity index (χ1v) is 10.4. The standard InChI is InChI=1S/C20H42N4O/c1-5-21-19(22-15-10-11-16-24(6-2)7-3)23-18-20(14-17-25-4)12-8-9-13-20/h5-18H2,1-4H3,(H2,21,22,23). The van der Waals surface area contributed by atoms with Crippen molar-refractivity contribution in [3.63, 3.8) is 0 Å². The lowest BCUT2D eigenvalue weighted by atomic mass is 9.83. The van der Waals surface area contributed by atoms with Crippen molar-refractivity contribution in [2.45, 2.75) is 65.7 Å². The number of aliphatic imine (C=N–C) groups is 1. The number of unbranched alkanes of at least 4 members (excludes halogenated alkanes) is 1. The van der Waals surface area contributed by atoms with Crippen LogP contribution in [0.4, 0.5) is 0 Å². The highest BCUT2D eigenvalue weighted by Crippen LogP contribution is 2.41. The Hall–Kier alpha value is -0.810. The van der Waals surface area contributed by atoms with Crippen molar-refractivity contribution in [2.24, 2.45) is 10.4 Å². The van der Waals surface area contributed by atoms with E-state index in [1.54, 1.807) is 7.11 Å². The minimum Gasteiger partial charge on any atom is -0.385 e. The SMILES string of the molecule is CCNC(=NCC1(CCOC)CCCC1)NCCCCN(CC)CC. The number of nitrogens with one attached hydrogen (secondary N) is 2. The molecule has 1 fully saturated rings. The highest BCUT2D eigenvalue weighted by atomic mass is 16.5. The van der Waals surface area contributed by atoms with Gasteiger partial charge in [-0.15, -0.1) is 0 Å². The summed E-state index contributed by atoms with van der Waals surface area (Å²) in [6.07, 6.45) is 8.84. The molecule has 25 heavy (non-hydrogen) atoms. The molecule has 0 spiro atoms. The molecule has 1 saturated carbocycles. The van der Waals surface area contributed by atoms with Crippen LogP contribution in [0.1, 0.15) is 65.7 Å². The average Bonchev–Trinajstić information content (AvgIpc) is 3.10. The Labute approximate surface area is 156 Å².